The van der Waals surface area contributed by atoms with Crippen molar-refractivity contribution < 1.29 is 23.5 Å². The van der Waals surface area contributed by atoms with Gasteiger partial charge in [0.05, 0.1) is 18.8 Å². The summed E-state index contributed by atoms with van der Waals surface area (Å²) in [6.45, 7) is 1.02. The highest BCUT2D eigenvalue weighted by atomic mass is 31.2. The summed E-state index contributed by atoms with van der Waals surface area (Å²) in [5, 5.41) is 5.68. The van der Waals surface area contributed by atoms with Crippen LogP contribution in [0, 0.1) is 6.92 Å². The van der Waals surface area contributed by atoms with Crippen LogP contribution in [-0.2, 0) is 13.8 Å². The number of nitrogens with zero attached hydrogens (tertiary/aromatic N) is 4. The number of ether oxygens (including phenoxy) is 1. The first-order valence-corrected chi connectivity index (χ1v) is 9.75. The lowest BCUT2D eigenvalue weighted by Gasteiger charge is -2.18. The Balaban J connectivity index is 2.14. The number of rotatable bonds is 8. The van der Waals surface area contributed by atoms with E-state index in [4.69, 9.17) is 20.5 Å². The molecule has 1 aromatic rings. The molecule has 2 heterocycles. The van der Waals surface area contributed by atoms with Crippen molar-refractivity contribution in [2.45, 2.75) is 31.7 Å². The van der Waals surface area contributed by atoms with Crippen LogP contribution in [0.15, 0.2) is 20.9 Å². The van der Waals surface area contributed by atoms with Crippen molar-refractivity contribution in [1.82, 2.24) is 14.9 Å². The first kappa shape index (κ1) is 21.8. The molecular formula is C13H20N7O7P. The third-order valence-electron chi connectivity index (χ3n) is 3.95. The number of carbonyl (C=O) groups is 1. The normalized spacial score (nSPS) is 23.6. The van der Waals surface area contributed by atoms with Gasteiger partial charge in [-0.3, -0.25) is 23.7 Å². The molecule has 0 bridgehead atoms. The lowest BCUT2D eigenvalue weighted by Crippen LogP contribution is -2.33. The molecule has 1 aromatic heterocycles. The third-order valence-corrected chi connectivity index (χ3v) is 5.12. The number of carbonyl (C=O) groups excluding carboxylic acids is 1. The van der Waals surface area contributed by atoms with Gasteiger partial charge in [0.15, 0.2) is 0 Å². The van der Waals surface area contributed by atoms with Crippen LogP contribution >= 0.6 is 7.60 Å². The summed E-state index contributed by atoms with van der Waals surface area (Å²) in [4.78, 5) is 49.6. The van der Waals surface area contributed by atoms with Gasteiger partial charge in [0, 0.05) is 36.2 Å². The maximum Gasteiger partial charge on any atom is 0.415 e. The second-order valence-electron chi connectivity index (χ2n) is 5.95. The average molecular weight is 417 g/mol. The number of amides is 1. The largest absolute Gasteiger partial charge is 0.415 e. The maximum atomic E-state index is 12.0. The van der Waals surface area contributed by atoms with E-state index in [9.17, 15) is 23.8 Å². The number of nitrogens with two attached hydrogens (primary N) is 1. The Kier molecular flexibility index (Phi) is 7.13. The molecule has 1 amide bonds. The Morgan fingerprint density at radius 2 is 2.36 bits per heavy atom. The Morgan fingerprint density at radius 3 is 3.00 bits per heavy atom. The molecule has 0 radical (unpaired) electrons. The van der Waals surface area contributed by atoms with Crippen molar-refractivity contribution in [2.24, 2.45) is 10.8 Å². The molecule has 1 unspecified atom stereocenters. The molecule has 1 aliphatic heterocycles. The highest BCUT2D eigenvalue weighted by molar-refractivity contribution is 7.70. The zero-order chi connectivity index (χ0) is 20.9. The molecule has 1 aliphatic rings. The summed E-state index contributed by atoms with van der Waals surface area (Å²) < 4.78 is 23.5. The smallest absolute Gasteiger partial charge is 0.352 e. The number of aromatic amines is 1. The monoisotopic (exact) mass is 417 g/mol. The van der Waals surface area contributed by atoms with Crippen molar-refractivity contribution in [3.8, 4) is 0 Å². The number of azide groups is 1. The van der Waals surface area contributed by atoms with Crippen LogP contribution in [0.3, 0.4) is 0 Å². The van der Waals surface area contributed by atoms with E-state index >= 15 is 0 Å². The predicted octanol–water partition coefficient (Wildman–Crippen LogP) is -0.318. The SMILES string of the molecule is Cc1cn([C@H]2C[C@H](N=[N+]=[N-])[C@@H](COP(=O)(O)C(=O)NCCN)O2)c(=O)[nH]c1=O. The number of hydrogen-bond donors (Lipinski definition) is 4. The van der Waals surface area contributed by atoms with E-state index < -0.39 is 49.5 Å². The fraction of sp³-hybridized carbons (Fsp3) is 0.615. The minimum Gasteiger partial charge on any atom is -0.352 e. The van der Waals surface area contributed by atoms with Crippen LogP contribution in [0.1, 0.15) is 18.2 Å². The lowest BCUT2D eigenvalue weighted by atomic mass is 10.1. The number of aryl methyl sites for hydroxylation is 1. The fourth-order valence-corrected chi connectivity index (χ4v) is 3.31. The zero-order valence-corrected chi connectivity index (χ0v) is 15.7. The molecule has 0 aromatic carbocycles. The van der Waals surface area contributed by atoms with Gasteiger partial charge in [0.2, 0.25) is 0 Å². The maximum absolute atomic E-state index is 12.0. The summed E-state index contributed by atoms with van der Waals surface area (Å²) in [6, 6.07) is -0.832. The van der Waals surface area contributed by atoms with E-state index in [0.29, 0.717) is 0 Å². The Labute approximate surface area is 157 Å². The number of aromatic nitrogens is 2. The van der Waals surface area contributed by atoms with E-state index in [2.05, 4.69) is 20.3 Å². The van der Waals surface area contributed by atoms with Gasteiger partial charge in [-0.15, -0.1) is 0 Å². The molecule has 0 spiro atoms. The summed E-state index contributed by atoms with van der Waals surface area (Å²) in [5.74, 6) is 0. The van der Waals surface area contributed by atoms with Crippen LogP contribution < -0.4 is 22.3 Å². The van der Waals surface area contributed by atoms with Gasteiger partial charge in [-0.2, -0.15) is 0 Å². The Morgan fingerprint density at radius 1 is 1.64 bits per heavy atom. The quantitative estimate of drug-likeness (QED) is 0.190. The van der Waals surface area contributed by atoms with Crippen LogP contribution in [0.25, 0.3) is 10.4 Å². The topological polar surface area (TPSA) is 214 Å². The van der Waals surface area contributed by atoms with Crippen molar-refractivity contribution in [3.63, 3.8) is 0 Å². The van der Waals surface area contributed by atoms with E-state index in [-0.39, 0.29) is 25.1 Å². The molecule has 4 atom stereocenters. The van der Waals surface area contributed by atoms with E-state index in [1.54, 1.807) is 0 Å². The summed E-state index contributed by atoms with van der Waals surface area (Å²) in [6.07, 6.45) is -0.558. The molecule has 15 heteroatoms. The molecule has 0 aliphatic carbocycles. The van der Waals surface area contributed by atoms with Crippen LogP contribution in [0.5, 0.6) is 0 Å². The Hall–Kier alpha value is -2.47. The van der Waals surface area contributed by atoms with Gasteiger partial charge < -0.3 is 20.7 Å². The molecule has 5 N–H and O–H groups in total. The molecule has 14 nitrogen and oxygen atoms in total. The summed E-state index contributed by atoms with van der Waals surface area (Å²) in [7, 11) is -4.66. The fourth-order valence-electron chi connectivity index (χ4n) is 2.54. The molecular weight excluding hydrogens is 397 g/mol. The molecule has 154 valence electrons. The van der Waals surface area contributed by atoms with Gasteiger partial charge in [0.25, 0.3) is 5.56 Å². The van der Waals surface area contributed by atoms with E-state index in [1.807, 2.05) is 0 Å². The van der Waals surface area contributed by atoms with E-state index in [1.165, 1.54) is 13.1 Å². The lowest BCUT2D eigenvalue weighted by molar-refractivity contribution is -0.0235. The van der Waals surface area contributed by atoms with Crippen molar-refractivity contribution in [1.29, 1.82) is 0 Å². The van der Waals surface area contributed by atoms with Crippen molar-refractivity contribution >= 4 is 13.2 Å². The number of nitrogens with one attached hydrogen (secondary N) is 2. The van der Waals surface area contributed by atoms with Crippen LogP contribution in [0.2, 0.25) is 0 Å². The van der Waals surface area contributed by atoms with Crippen molar-refractivity contribution in [3.05, 3.63) is 43.0 Å². The van der Waals surface area contributed by atoms with Crippen LogP contribution in [0.4, 0.5) is 4.79 Å². The highest BCUT2D eigenvalue weighted by Gasteiger charge is 2.39. The minimum atomic E-state index is -4.66. The van der Waals surface area contributed by atoms with Crippen molar-refractivity contribution in [2.75, 3.05) is 19.7 Å². The van der Waals surface area contributed by atoms with E-state index in [0.717, 1.165) is 4.57 Å². The molecule has 28 heavy (non-hydrogen) atoms. The molecule has 1 fully saturated rings. The zero-order valence-electron chi connectivity index (χ0n) is 14.8. The number of hydrogen-bond acceptors (Lipinski definition) is 8. The second kappa shape index (κ2) is 9.15. The third kappa shape index (κ3) is 5.07. The first-order valence-electron chi connectivity index (χ1n) is 8.17. The minimum absolute atomic E-state index is 0.00935. The molecule has 0 saturated carbocycles. The van der Waals surface area contributed by atoms with Gasteiger partial charge in [0.1, 0.15) is 6.23 Å². The van der Waals surface area contributed by atoms with Gasteiger partial charge in [-0.25, -0.2) is 9.36 Å². The first-order chi connectivity index (χ1) is 13.2. The van der Waals surface area contributed by atoms with Gasteiger partial charge >= 0.3 is 18.9 Å². The number of H-pyrrole nitrogens is 1. The second-order valence-corrected chi connectivity index (χ2v) is 7.66. The average Bonchev–Trinajstić information content (AvgIpc) is 3.04. The van der Waals surface area contributed by atoms with Gasteiger partial charge in [-0.1, -0.05) is 5.11 Å². The molecule has 1 saturated heterocycles. The Bertz CT molecular complexity index is 938. The predicted molar refractivity (Wildman–Crippen MR) is 95.8 cm³/mol. The molecule has 2 rings (SSSR count). The standard InChI is InChI=1S/C13H20N7O7P/c1-7-5-20(12(22)17-11(7)21)10-4-8(18-19-15)9(27-10)6-26-28(24,25)13(23)16-3-2-14/h5,8-10H,2-4,6,14H2,1H3,(H,16,23)(H,24,25)(H,17,21,22)/t8-,9+,10+/m0/s1. The summed E-state index contributed by atoms with van der Waals surface area (Å²) >= 11 is 0. The summed E-state index contributed by atoms with van der Waals surface area (Å²) in [5.41, 5.74) is 11.7. The van der Waals surface area contributed by atoms with Crippen LogP contribution in [-0.4, -0.2) is 51.9 Å². The van der Waals surface area contributed by atoms with Gasteiger partial charge in [-0.05, 0) is 12.5 Å². The highest BCUT2D eigenvalue weighted by Crippen LogP contribution is 2.43.